The zero-order valence-electron chi connectivity index (χ0n) is 22.9. The molecule has 36 heavy (non-hydrogen) atoms. The Morgan fingerprint density at radius 2 is 1.64 bits per heavy atom. The van der Waals surface area contributed by atoms with Crippen LogP contribution in [0.4, 0.5) is 5.95 Å². The van der Waals surface area contributed by atoms with E-state index in [1.165, 1.54) is 20.8 Å². The van der Waals surface area contributed by atoms with E-state index in [1.54, 1.807) is 0 Å². The third kappa shape index (κ3) is 6.10. The molecule has 1 aliphatic rings. The number of ether oxygens (including phenoxy) is 4. The van der Waals surface area contributed by atoms with Gasteiger partial charge in [-0.2, -0.15) is 4.98 Å². The van der Waals surface area contributed by atoms with Crippen LogP contribution in [0, 0.1) is 0 Å². The Kier molecular flexibility index (Phi) is 7.80. The molecule has 0 amide bonds. The molecule has 0 aliphatic carbocycles. The number of hydrogen-bond acceptors (Lipinski definition) is 12. The quantitative estimate of drug-likeness (QED) is 0.317. The van der Waals surface area contributed by atoms with Gasteiger partial charge in [-0.1, -0.05) is 32.1 Å². The van der Waals surface area contributed by atoms with Crippen molar-refractivity contribution in [1.82, 2.24) is 14.5 Å². The SMILES string of the molecule is [2H]C(C)CC(=O)OC[C@H]1OC(n2c(=O)sc3c(=O)[nH]c(N)nc32)[C@H](OC(=O)CC([2H])C)[C@@H]1OC(=O)CC([2H])C. The van der Waals surface area contributed by atoms with Gasteiger partial charge in [0.15, 0.2) is 24.1 Å². The molecule has 198 valence electrons. The Morgan fingerprint density at radius 3 is 2.25 bits per heavy atom. The first kappa shape index (κ1) is 23.2. The molecule has 0 saturated carbocycles. The second-order valence-electron chi connectivity index (χ2n) is 7.84. The van der Waals surface area contributed by atoms with Crippen molar-refractivity contribution in [2.45, 2.75) is 83.8 Å². The van der Waals surface area contributed by atoms with Crippen molar-refractivity contribution >= 4 is 45.5 Å². The van der Waals surface area contributed by atoms with E-state index in [9.17, 15) is 24.0 Å². The van der Waals surface area contributed by atoms with Crippen LogP contribution in [0.25, 0.3) is 10.3 Å². The van der Waals surface area contributed by atoms with Gasteiger partial charge in [0.1, 0.15) is 17.4 Å². The minimum atomic E-state index is -1.49. The Balaban J connectivity index is 2.07. The average Bonchev–Trinajstić information content (AvgIpc) is 3.27. The second-order valence-corrected chi connectivity index (χ2v) is 8.80. The third-order valence-corrected chi connectivity index (χ3v) is 6.03. The van der Waals surface area contributed by atoms with E-state index in [0.29, 0.717) is 11.3 Å². The van der Waals surface area contributed by atoms with Gasteiger partial charge in [-0.05, 0) is 19.2 Å². The summed E-state index contributed by atoms with van der Waals surface area (Å²) in [6, 6.07) is 0. The van der Waals surface area contributed by atoms with Gasteiger partial charge in [0, 0.05) is 23.4 Å². The molecular formula is C22H30N4O9S. The van der Waals surface area contributed by atoms with Crippen LogP contribution in [0.2, 0.25) is 0 Å². The summed E-state index contributed by atoms with van der Waals surface area (Å²) in [5.74, 6) is -2.72. The van der Waals surface area contributed by atoms with Crippen LogP contribution in [0.3, 0.4) is 0 Å². The van der Waals surface area contributed by atoms with Crippen molar-refractivity contribution in [2.24, 2.45) is 0 Å². The fourth-order valence-electron chi connectivity index (χ4n) is 3.62. The first-order valence-corrected chi connectivity index (χ1v) is 12.0. The zero-order valence-corrected chi connectivity index (χ0v) is 20.7. The number of fused-ring (bicyclic) bond motifs is 1. The molecule has 1 fully saturated rings. The molecule has 13 nitrogen and oxygen atoms in total. The predicted octanol–water partition coefficient (Wildman–Crippen LogP) is 1.39. The van der Waals surface area contributed by atoms with Crippen molar-refractivity contribution in [2.75, 3.05) is 12.3 Å². The lowest BCUT2D eigenvalue weighted by Gasteiger charge is -2.24. The number of aromatic nitrogens is 3. The van der Waals surface area contributed by atoms with Crippen LogP contribution in [-0.4, -0.2) is 57.4 Å². The van der Waals surface area contributed by atoms with E-state index >= 15 is 0 Å². The highest BCUT2D eigenvalue weighted by Crippen LogP contribution is 2.36. The van der Waals surface area contributed by atoms with E-state index in [2.05, 4.69) is 9.97 Å². The number of nitrogens with one attached hydrogen (secondary N) is 1. The monoisotopic (exact) mass is 529 g/mol. The summed E-state index contributed by atoms with van der Waals surface area (Å²) in [5.41, 5.74) is 4.82. The van der Waals surface area contributed by atoms with E-state index in [0.717, 1.165) is 4.57 Å². The fourth-order valence-corrected chi connectivity index (χ4v) is 4.46. The molecule has 0 aromatic carbocycles. The first-order chi connectivity index (χ1) is 18.3. The summed E-state index contributed by atoms with van der Waals surface area (Å²) in [4.78, 5) is 68.3. The van der Waals surface area contributed by atoms with E-state index in [1.807, 2.05) is 0 Å². The van der Waals surface area contributed by atoms with Gasteiger partial charge < -0.3 is 24.7 Å². The number of anilines is 1. The molecule has 14 heteroatoms. The molecular weight excluding hydrogens is 496 g/mol. The highest BCUT2D eigenvalue weighted by molar-refractivity contribution is 7.16. The van der Waals surface area contributed by atoms with Crippen LogP contribution in [0.5, 0.6) is 0 Å². The second kappa shape index (κ2) is 12.1. The number of H-pyrrole nitrogens is 1. The maximum Gasteiger partial charge on any atom is 0.311 e. The molecule has 4 unspecified atom stereocenters. The van der Waals surface area contributed by atoms with Crippen LogP contribution < -0.4 is 16.2 Å². The largest absolute Gasteiger partial charge is 0.463 e. The van der Waals surface area contributed by atoms with Gasteiger partial charge in [-0.15, -0.1) is 0 Å². The number of nitrogens with two attached hydrogens (primary N) is 1. The highest BCUT2D eigenvalue weighted by Gasteiger charge is 2.52. The van der Waals surface area contributed by atoms with Crippen molar-refractivity contribution in [3.63, 3.8) is 0 Å². The smallest absolute Gasteiger partial charge is 0.311 e. The van der Waals surface area contributed by atoms with Crippen LogP contribution in [0.15, 0.2) is 9.59 Å². The molecule has 3 N–H and O–H groups in total. The van der Waals surface area contributed by atoms with Crippen molar-refractivity contribution in [3.8, 4) is 0 Å². The van der Waals surface area contributed by atoms with Gasteiger partial charge in [-0.3, -0.25) is 33.5 Å². The summed E-state index contributed by atoms with van der Waals surface area (Å²) in [7, 11) is 0. The number of aromatic amines is 1. The number of carbonyl (C=O) groups is 3. The number of nitrogens with zero attached hydrogens (tertiary/aromatic N) is 2. The summed E-state index contributed by atoms with van der Waals surface area (Å²) >= 11 is 0.539. The summed E-state index contributed by atoms with van der Waals surface area (Å²) < 4.78 is 46.0. The van der Waals surface area contributed by atoms with Crippen LogP contribution >= 0.6 is 11.3 Å². The Hall–Kier alpha value is -3.26. The maximum absolute atomic E-state index is 13.0. The summed E-state index contributed by atoms with van der Waals surface area (Å²) in [6.45, 7) is 3.93. The summed E-state index contributed by atoms with van der Waals surface area (Å²) in [5, 5.41) is 0. The Morgan fingerprint density at radius 1 is 1.06 bits per heavy atom. The van der Waals surface area contributed by atoms with Crippen LogP contribution in [0.1, 0.15) is 69.6 Å². The molecule has 0 bridgehead atoms. The van der Waals surface area contributed by atoms with Gasteiger partial charge >= 0.3 is 22.8 Å². The number of hydrogen-bond donors (Lipinski definition) is 2. The van der Waals surface area contributed by atoms with Gasteiger partial charge in [0.2, 0.25) is 5.95 Å². The first-order valence-electron chi connectivity index (χ1n) is 12.9. The third-order valence-electron chi connectivity index (χ3n) is 5.09. The number of thiazole rings is 1. The van der Waals surface area contributed by atoms with E-state index in [-0.39, 0.29) is 35.6 Å². The van der Waals surface area contributed by atoms with E-state index < -0.39 is 78.7 Å². The molecule has 2 aromatic heterocycles. The predicted molar refractivity (Wildman–Crippen MR) is 128 cm³/mol. The van der Waals surface area contributed by atoms with E-state index in [4.69, 9.17) is 28.8 Å². The Labute approximate surface area is 214 Å². The maximum atomic E-state index is 13.0. The van der Waals surface area contributed by atoms with Gasteiger partial charge in [0.05, 0.1) is 0 Å². The molecule has 3 rings (SSSR count). The number of esters is 3. The topological polar surface area (TPSA) is 182 Å². The lowest BCUT2D eigenvalue weighted by atomic mass is 10.1. The Bertz CT molecular complexity index is 1330. The molecule has 1 aliphatic heterocycles. The van der Waals surface area contributed by atoms with Gasteiger partial charge in [-0.25, -0.2) is 0 Å². The molecule has 3 heterocycles. The molecule has 1 saturated heterocycles. The zero-order chi connectivity index (χ0) is 29.0. The summed E-state index contributed by atoms with van der Waals surface area (Å²) in [6.07, 6.45) is -8.92. The van der Waals surface area contributed by atoms with Gasteiger partial charge in [0.25, 0.3) is 5.56 Å². The van der Waals surface area contributed by atoms with Crippen molar-refractivity contribution in [3.05, 3.63) is 20.0 Å². The molecule has 2 aromatic rings. The molecule has 0 radical (unpaired) electrons. The fraction of sp³-hybridized carbons (Fsp3) is 0.636. The minimum Gasteiger partial charge on any atom is -0.463 e. The minimum absolute atomic E-state index is 0.0847. The van der Waals surface area contributed by atoms with Crippen molar-refractivity contribution in [1.29, 1.82) is 0 Å². The normalized spacial score (nSPS) is 25.2. The van der Waals surface area contributed by atoms with Crippen molar-refractivity contribution < 1.29 is 37.4 Å². The lowest BCUT2D eigenvalue weighted by Crippen LogP contribution is -2.42. The number of nitrogen functional groups attached to an aromatic ring is 1. The average molecular weight is 530 g/mol. The lowest BCUT2D eigenvalue weighted by molar-refractivity contribution is -0.169. The standard InChI is InChI=1S/C22H30N4O9S/c1-4-7-12(27)32-10-11-15(34-13(28)8-5-2)16(35-14(29)9-6-3)20(33-11)26-18-17(36-22(26)31)19(30)25-21(23)24-18/h11,15-16,20H,4-10H2,1-3H3,(H3,23,24,25,30)/t11-,15-,16-,20?/m1/s1/i4D,5D,6D/t4?,5?,6?,11-,15-,16-,20?. The van der Waals surface area contributed by atoms with Crippen LogP contribution in [-0.2, 0) is 33.3 Å². The number of rotatable bonds is 11. The highest BCUT2D eigenvalue weighted by atomic mass is 32.1. The molecule has 7 atom stereocenters. The molecule has 0 spiro atoms. The number of carbonyl (C=O) groups excluding carboxylic acids is 3.